The van der Waals surface area contributed by atoms with Gasteiger partial charge in [-0.3, -0.25) is 0 Å². The normalized spacial score (nSPS) is 15.1. The molecular formula is C55H34N2. The molecule has 0 saturated heterocycles. The van der Waals surface area contributed by atoms with Crippen LogP contribution in [0.1, 0.15) is 22.3 Å². The lowest BCUT2D eigenvalue weighted by molar-refractivity contribution is 0.748. The van der Waals surface area contributed by atoms with Gasteiger partial charge in [-0.15, -0.1) is 0 Å². The maximum Gasteiger partial charge on any atom is 0.0755 e. The number of hydrogen-bond donors (Lipinski definition) is 0. The summed E-state index contributed by atoms with van der Waals surface area (Å²) in [5, 5.41) is 10.2. The molecule has 0 radical (unpaired) electrons. The van der Waals surface area contributed by atoms with Crippen LogP contribution in [0.5, 0.6) is 0 Å². The van der Waals surface area contributed by atoms with Gasteiger partial charge in [-0.25, -0.2) is 0 Å². The molecule has 11 aromatic rings. The Balaban J connectivity index is 1.12. The minimum atomic E-state index is -0.525. The molecular weight excluding hydrogens is 689 g/mol. The van der Waals surface area contributed by atoms with Crippen LogP contribution in [0.4, 0.5) is 17.1 Å². The molecule has 13 rings (SSSR count). The third-order valence-corrected chi connectivity index (χ3v) is 12.9. The molecule has 0 bridgehead atoms. The van der Waals surface area contributed by atoms with Crippen molar-refractivity contribution in [1.82, 2.24) is 4.57 Å². The average Bonchev–Trinajstić information content (AvgIpc) is 3.77. The van der Waals surface area contributed by atoms with E-state index in [2.05, 4.69) is 216 Å². The predicted octanol–water partition coefficient (Wildman–Crippen LogP) is 14.4. The largest absolute Gasteiger partial charge is 0.310 e. The molecule has 0 amide bonds. The Morgan fingerprint density at radius 1 is 0.316 bits per heavy atom. The highest BCUT2D eigenvalue weighted by Crippen LogP contribution is 2.61. The van der Waals surface area contributed by atoms with E-state index in [1.807, 2.05) is 0 Å². The number of aromatic nitrogens is 1. The van der Waals surface area contributed by atoms with Crippen molar-refractivity contribution in [2.45, 2.75) is 5.41 Å². The van der Waals surface area contributed by atoms with Gasteiger partial charge in [0, 0.05) is 27.8 Å². The minimum absolute atomic E-state index is 0.525. The smallest absolute Gasteiger partial charge is 0.0755 e. The van der Waals surface area contributed by atoms with Gasteiger partial charge >= 0.3 is 0 Å². The molecule has 10 aromatic carbocycles. The lowest BCUT2D eigenvalue weighted by Crippen LogP contribution is -2.33. The van der Waals surface area contributed by atoms with Gasteiger partial charge in [-0.2, -0.15) is 0 Å². The Morgan fingerprint density at radius 3 is 1.65 bits per heavy atom. The summed E-state index contributed by atoms with van der Waals surface area (Å²) in [6, 6.07) is 76.9. The van der Waals surface area contributed by atoms with Crippen molar-refractivity contribution < 1.29 is 0 Å². The van der Waals surface area contributed by atoms with Crippen LogP contribution in [0.2, 0.25) is 0 Å². The van der Waals surface area contributed by atoms with Crippen molar-refractivity contribution >= 4 is 71.2 Å². The summed E-state index contributed by atoms with van der Waals surface area (Å²) >= 11 is 0. The molecule has 1 unspecified atom stereocenters. The van der Waals surface area contributed by atoms with Crippen LogP contribution < -0.4 is 4.90 Å². The fourth-order valence-corrected chi connectivity index (χ4v) is 10.7. The summed E-state index contributed by atoms with van der Waals surface area (Å²) < 4.78 is 2.52. The zero-order valence-corrected chi connectivity index (χ0v) is 31.0. The van der Waals surface area contributed by atoms with Crippen molar-refractivity contribution in [2.75, 3.05) is 4.90 Å². The van der Waals surface area contributed by atoms with E-state index in [1.165, 1.54) is 93.2 Å². The number of benzene rings is 10. The maximum absolute atomic E-state index is 2.52. The molecule has 57 heavy (non-hydrogen) atoms. The van der Waals surface area contributed by atoms with Crippen molar-refractivity contribution in [3.63, 3.8) is 0 Å². The summed E-state index contributed by atoms with van der Waals surface area (Å²) in [5.41, 5.74) is 14.5. The second-order valence-corrected chi connectivity index (χ2v) is 15.6. The van der Waals surface area contributed by atoms with E-state index in [9.17, 15) is 0 Å². The Hall–Kier alpha value is -7.42. The number of anilines is 3. The van der Waals surface area contributed by atoms with E-state index in [-0.39, 0.29) is 0 Å². The molecule has 2 nitrogen and oxygen atoms in total. The molecule has 2 aliphatic rings. The van der Waals surface area contributed by atoms with Crippen LogP contribution in [-0.2, 0) is 5.41 Å². The Kier molecular flexibility index (Phi) is 6.13. The second kappa shape index (κ2) is 11.3. The summed E-state index contributed by atoms with van der Waals surface area (Å²) in [4.78, 5) is 2.45. The van der Waals surface area contributed by atoms with Gasteiger partial charge in [0.2, 0.25) is 0 Å². The van der Waals surface area contributed by atoms with Gasteiger partial charge in [-0.05, 0) is 114 Å². The fraction of sp³-hybridized carbons (Fsp3) is 0.0182. The van der Waals surface area contributed by atoms with Gasteiger partial charge < -0.3 is 9.47 Å². The maximum atomic E-state index is 2.52. The third kappa shape index (κ3) is 3.94. The van der Waals surface area contributed by atoms with E-state index >= 15 is 0 Å². The molecule has 264 valence electrons. The van der Waals surface area contributed by atoms with Gasteiger partial charge in [0.1, 0.15) is 0 Å². The van der Waals surface area contributed by atoms with Crippen LogP contribution in [0.15, 0.2) is 206 Å². The first-order valence-corrected chi connectivity index (χ1v) is 19.9. The second-order valence-electron chi connectivity index (χ2n) is 15.6. The highest BCUT2D eigenvalue weighted by molar-refractivity contribution is 6.26. The topological polar surface area (TPSA) is 8.17 Å². The number of hydrogen-bond acceptors (Lipinski definition) is 1. The van der Waals surface area contributed by atoms with Crippen LogP contribution >= 0.6 is 0 Å². The molecule has 2 heterocycles. The summed E-state index contributed by atoms with van der Waals surface area (Å²) in [6.07, 6.45) is 0. The molecule has 0 fully saturated rings. The van der Waals surface area contributed by atoms with Crippen LogP contribution in [0.3, 0.4) is 0 Å². The van der Waals surface area contributed by atoms with E-state index in [0.717, 1.165) is 17.1 Å². The highest BCUT2D eigenvalue weighted by atomic mass is 15.1. The van der Waals surface area contributed by atoms with Crippen molar-refractivity contribution in [2.24, 2.45) is 0 Å². The number of nitrogens with zero attached hydrogens (tertiary/aromatic N) is 2. The van der Waals surface area contributed by atoms with E-state index in [4.69, 9.17) is 0 Å². The molecule has 0 N–H and O–H groups in total. The summed E-state index contributed by atoms with van der Waals surface area (Å²) in [6.45, 7) is 0. The highest BCUT2D eigenvalue weighted by Gasteiger charge is 2.51. The van der Waals surface area contributed by atoms with E-state index in [1.54, 1.807) is 0 Å². The first kappa shape index (κ1) is 30.9. The van der Waals surface area contributed by atoms with Crippen molar-refractivity contribution in [1.29, 1.82) is 0 Å². The van der Waals surface area contributed by atoms with Crippen LogP contribution in [0, 0.1) is 0 Å². The molecule has 1 aliphatic carbocycles. The van der Waals surface area contributed by atoms with Gasteiger partial charge in [0.15, 0.2) is 0 Å². The summed E-state index contributed by atoms with van der Waals surface area (Å²) in [5.74, 6) is 0. The molecule has 1 aliphatic heterocycles. The molecule has 1 aromatic heterocycles. The van der Waals surface area contributed by atoms with Crippen LogP contribution in [-0.4, -0.2) is 4.57 Å². The zero-order valence-electron chi connectivity index (χ0n) is 31.0. The van der Waals surface area contributed by atoms with Gasteiger partial charge in [0.05, 0.1) is 22.1 Å². The van der Waals surface area contributed by atoms with Crippen molar-refractivity contribution in [3.05, 3.63) is 229 Å². The molecule has 1 spiro atoms. The quantitative estimate of drug-likeness (QED) is 0.165. The van der Waals surface area contributed by atoms with Gasteiger partial charge in [-0.1, -0.05) is 158 Å². The number of para-hydroxylation sites is 4. The lowest BCUT2D eigenvalue weighted by atomic mass is 9.65. The molecule has 1 atom stereocenters. The van der Waals surface area contributed by atoms with Crippen molar-refractivity contribution in [3.8, 4) is 16.8 Å². The molecule has 2 heteroatoms. The monoisotopic (exact) mass is 722 g/mol. The third-order valence-electron chi connectivity index (χ3n) is 12.9. The van der Waals surface area contributed by atoms with E-state index in [0.29, 0.717) is 0 Å². The lowest BCUT2D eigenvalue weighted by Gasteiger charge is -2.40. The Bertz CT molecular complexity index is 3450. The SMILES string of the molecule is c1ccc(N(c2ccc3c(c2)C2(c4ccccc4-3)c3ccccc3-n3c4ccccc4c4cccc2c43)c2ccc3c4ccccc4c4ccccc4c3c2)cc1. The zero-order chi connectivity index (χ0) is 37.2. The standard InChI is InChI=1S/C55H34N2/c1-2-15-35(16-3-1)56(36-29-31-42-40-19-5-4-17-38(40)39-18-6-7-20-41(39)47(42)33-36)37-30-32-44-43-21-8-10-24-48(43)55(51(44)34-37)49-25-11-13-28-53(49)57-52-27-12-9-22-45(52)46-23-14-26-50(55)54(46)57/h1-34H. The first-order valence-electron chi connectivity index (χ1n) is 19.9. The predicted molar refractivity (Wildman–Crippen MR) is 239 cm³/mol. The minimum Gasteiger partial charge on any atom is -0.310 e. The molecule has 0 saturated carbocycles. The van der Waals surface area contributed by atoms with E-state index < -0.39 is 5.41 Å². The number of rotatable bonds is 3. The first-order chi connectivity index (χ1) is 28.3. The fourth-order valence-electron chi connectivity index (χ4n) is 10.7. The van der Waals surface area contributed by atoms with Crippen LogP contribution in [0.25, 0.3) is 70.9 Å². The Labute approximate surface area is 330 Å². The summed E-state index contributed by atoms with van der Waals surface area (Å²) in [7, 11) is 0. The average molecular weight is 723 g/mol. The Morgan fingerprint density at radius 2 is 0.860 bits per heavy atom. The number of fused-ring (bicyclic) bond motifs is 18. The van der Waals surface area contributed by atoms with Gasteiger partial charge in [0.25, 0.3) is 0 Å².